The van der Waals surface area contributed by atoms with E-state index in [0.29, 0.717) is 17.5 Å². The molecule has 0 aliphatic heterocycles. The number of nitrogens with zero attached hydrogens (tertiary/aromatic N) is 1. The Labute approximate surface area is 207 Å². The van der Waals surface area contributed by atoms with E-state index in [0.717, 1.165) is 19.3 Å². The maximum atomic E-state index is 12.5. The van der Waals surface area contributed by atoms with Crippen LogP contribution < -0.4 is 0 Å². The van der Waals surface area contributed by atoms with Gasteiger partial charge in [-0.05, 0) is 25.7 Å². The summed E-state index contributed by atoms with van der Waals surface area (Å²) in [6.45, 7) is 4.59. The number of hydrogen-bond donors (Lipinski definition) is 1. The molecule has 0 amide bonds. The van der Waals surface area contributed by atoms with Crippen LogP contribution in [0.2, 0.25) is 0 Å². The van der Waals surface area contributed by atoms with Gasteiger partial charge in [0.15, 0.2) is 5.78 Å². The summed E-state index contributed by atoms with van der Waals surface area (Å²) in [6.07, 6.45) is 29.0. The maximum Gasteiger partial charge on any atom is 0.385 e. The summed E-state index contributed by atoms with van der Waals surface area (Å²) < 4.78 is 18.3. The highest BCUT2D eigenvalue weighted by molar-refractivity contribution is 7.53. The molecule has 0 bridgehead atoms. The molecular weight excluding hydrogens is 429 g/mol. The van der Waals surface area contributed by atoms with Gasteiger partial charge in [-0.2, -0.15) is 0 Å². The number of rotatable bonds is 24. The van der Waals surface area contributed by atoms with Crippen molar-refractivity contribution in [2.24, 2.45) is 0 Å². The number of quaternary nitrogens is 1. The van der Waals surface area contributed by atoms with E-state index >= 15 is 0 Å². The zero-order valence-corrected chi connectivity index (χ0v) is 23.9. The van der Waals surface area contributed by atoms with Crippen LogP contribution in [0, 0.1) is 0 Å². The molecule has 0 rings (SSSR count). The Hall–Kier alpha value is -0.150. The smallest absolute Gasteiger partial charge is 0.320 e. The van der Waals surface area contributed by atoms with Crippen LogP contribution in [-0.4, -0.2) is 42.9 Å². The molecule has 0 aromatic carbocycles. The van der Waals surface area contributed by atoms with Gasteiger partial charge >= 0.3 is 7.60 Å². The highest BCUT2D eigenvalue weighted by atomic mass is 31.2. The Morgan fingerprint density at radius 3 is 1.48 bits per heavy atom. The third-order valence-electron chi connectivity index (χ3n) is 6.57. The molecule has 0 spiro atoms. The molecule has 33 heavy (non-hydrogen) atoms. The fraction of sp³-hybridized carbons (Fsp3) is 0.929. The van der Waals surface area contributed by atoms with Crippen molar-refractivity contribution in [2.75, 3.05) is 27.7 Å². The number of unbranched alkanes of at least 4 members (excludes halogenated alkanes) is 16. The zero-order chi connectivity index (χ0) is 24.8. The van der Waals surface area contributed by atoms with Crippen molar-refractivity contribution in [3.05, 3.63) is 12.2 Å². The van der Waals surface area contributed by atoms with Gasteiger partial charge < -0.3 is 13.9 Å². The highest BCUT2D eigenvalue weighted by Gasteiger charge is 2.41. The van der Waals surface area contributed by atoms with Gasteiger partial charge in [0.1, 0.15) is 0 Å². The predicted molar refractivity (Wildman–Crippen MR) is 146 cm³/mol. The molecule has 0 aromatic heterocycles. The first-order valence-corrected chi connectivity index (χ1v) is 15.8. The Balaban J connectivity index is 3.45. The minimum Gasteiger partial charge on any atom is -0.320 e. The quantitative estimate of drug-likeness (QED) is 0.0637. The van der Waals surface area contributed by atoms with Gasteiger partial charge in [-0.3, -0.25) is 4.57 Å². The van der Waals surface area contributed by atoms with E-state index < -0.39 is 7.60 Å². The Morgan fingerprint density at radius 1 is 0.697 bits per heavy atom. The summed E-state index contributed by atoms with van der Waals surface area (Å²) in [4.78, 5) is 10.3. The summed E-state index contributed by atoms with van der Waals surface area (Å²) in [7, 11) is 2.27. The Bertz CT molecular complexity index is 502. The molecule has 0 saturated heterocycles. The van der Waals surface area contributed by atoms with Crippen molar-refractivity contribution < 1.29 is 18.5 Å². The predicted octanol–water partition coefficient (Wildman–Crippen LogP) is 9.23. The minimum atomic E-state index is -3.57. The first-order valence-electron chi connectivity index (χ1n) is 14.2. The van der Waals surface area contributed by atoms with E-state index in [2.05, 4.69) is 19.1 Å². The van der Waals surface area contributed by atoms with Gasteiger partial charge in [0, 0.05) is 6.42 Å². The fourth-order valence-electron chi connectivity index (χ4n) is 4.57. The molecule has 5 heteroatoms. The summed E-state index contributed by atoms with van der Waals surface area (Å²) in [6, 6.07) is 0. The summed E-state index contributed by atoms with van der Waals surface area (Å²) in [5.41, 5.74) is 0. The number of allylic oxidation sites excluding steroid dienone is 2. The Kier molecular flexibility index (Phi) is 21.1. The SMILES string of the molecule is CCCCCCCCCCCCCCCCCC=CCCCOP(=O)(O)C(CC)[N+](C)(C)C. The maximum absolute atomic E-state index is 12.5. The average Bonchev–Trinajstić information content (AvgIpc) is 2.74. The van der Waals surface area contributed by atoms with Crippen molar-refractivity contribution >= 4 is 7.60 Å². The monoisotopic (exact) mass is 488 g/mol. The molecule has 0 saturated carbocycles. The molecule has 0 aliphatic carbocycles. The van der Waals surface area contributed by atoms with Crippen LogP contribution in [-0.2, 0) is 9.09 Å². The van der Waals surface area contributed by atoms with Crippen LogP contribution in [0.1, 0.15) is 136 Å². The number of hydrogen-bond acceptors (Lipinski definition) is 2. The van der Waals surface area contributed by atoms with Crippen molar-refractivity contribution in [3.63, 3.8) is 0 Å². The molecule has 0 fully saturated rings. The molecular formula is C28H59NO3P+. The van der Waals surface area contributed by atoms with Crippen LogP contribution in [0.4, 0.5) is 0 Å². The zero-order valence-electron chi connectivity index (χ0n) is 23.0. The van der Waals surface area contributed by atoms with Gasteiger partial charge in [-0.25, -0.2) is 0 Å². The van der Waals surface area contributed by atoms with E-state index in [1.807, 2.05) is 28.1 Å². The molecule has 4 nitrogen and oxygen atoms in total. The van der Waals surface area contributed by atoms with Gasteiger partial charge in [0.2, 0.25) is 0 Å². The van der Waals surface area contributed by atoms with E-state index in [-0.39, 0.29) is 5.78 Å². The second-order valence-corrected chi connectivity index (χ2v) is 12.7. The standard InChI is InChI=1S/C28H58NO3P/c1-6-8-9-10-11-12-13-14-15-16-17-18-19-20-21-22-23-24-25-26-27-32-33(30,31)28(7-2)29(3,4)5/h23-24,28H,6-22,25-27H2,1-5H3/p+1. The second-order valence-electron chi connectivity index (χ2n) is 10.8. The van der Waals surface area contributed by atoms with Crippen LogP contribution >= 0.6 is 7.60 Å². The third kappa shape index (κ3) is 19.8. The summed E-state index contributed by atoms with van der Waals surface area (Å²) in [5, 5.41) is 0. The van der Waals surface area contributed by atoms with E-state index in [4.69, 9.17) is 4.52 Å². The van der Waals surface area contributed by atoms with Crippen molar-refractivity contribution in [2.45, 2.75) is 142 Å². The Morgan fingerprint density at radius 2 is 1.09 bits per heavy atom. The normalized spacial score (nSPS) is 15.2. The molecule has 2 atom stereocenters. The lowest BCUT2D eigenvalue weighted by Gasteiger charge is -2.35. The van der Waals surface area contributed by atoms with Gasteiger partial charge in [0.05, 0.1) is 27.7 Å². The largest absolute Gasteiger partial charge is 0.385 e. The van der Waals surface area contributed by atoms with Gasteiger partial charge in [0.25, 0.3) is 0 Å². The third-order valence-corrected chi connectivity index (χ3v) is 8.93. The summed E-state index contributed by atoms with van der Waals surface area (Å²) in [5.74, 6) is -0.363. The minimum absolute atomic E-state index is 0.355. The van der Waals surface area contributed by atoms with Gasteiger partial charge in [-0.1, -0.05) is 116 Å². The molecule has 0 aliphatic rings. The van der Waals surface area contributed by atoms with Gasteiger partial charge in [-0.15, -0.1) is 0 Å². The molecule has 198 valence electrons. The second kappa shape index (κ2) is 21.2. The van der Waals surface area contributed by atoms with Crippen LogP contribution in [0.25, 0.3) is 0 Å². The van der Waals surface area contributed by atoms with Crippen molar-refractivity contribution in [1.82, 2.24) is 0 Å². The molecule has 0 aromatic rings. The van der Waals surface area contributed by atoms with E-state index in [1.54, 1.807) is 0 Å². The van der Waals surface area contributed by atoms with Crippen molar-refractivity contribution in [3.8, 4) is 0 Å². The molecule has 0 radical (unpaired) electrons. The topological polar surface area (TPSA) is 46.5 Å². The average molecular weight is 489 g/mol. The highest BCUT2D eigenvalue weighted by Crippen LogP contribution is 2.51. The van der Waals surface area contributed by atoms with Crippen LogP contribution in [0.15, 0.2) is 12.2 Å². The van der Waals surface area contributed by atoms with Crippen LogP contribution in [0.5, 0.6) is 0 Å². The van der Waals surface area contributed by atoms with Crippen molar-refractivity contribution in [1.29, 1.82) is 0 Å². The first kappa shape index (κ1) is 32.8. The van der Waals surface area contributed by atoms with E-state index in [9.17, 15) is 9.46 Å². The first-order chi connectivity index (χ1) is 15.8. The molecule has 2 unspecified atom stereocenters. The lowest BCUT2D eigenvalue weighted by Crippen LogP contribution is -2.44. The fourth-order valence-corrected chi connectivity index (χ4v) is 6.47. The van der Waals surface area contributed by atoms with Crippen LogP contribution in [0.3, 0.4) is 0 Å². The summed E-state index contributed by atoms with van der Waals surface area (Å²) >= 11 is 0. The lowest BCUT2D eigenvalue weighted by molar-refractivity contribution is -0.883. The molecule has 1 N–H and O–H groups in total. The molecule has 0 heterocycles. The lowest BCUT2D eigenvalue weighted by atomic mass is 10.0. The van der Waals surface area contributed by atoms with E-state index in [1.165, 1.54) is 96.3 Å².